The third-order valence-corrected chi connectivity index (χ3v) is 3.13. The minimum absolute atomic E-state index is 0.0393. The lowest BCUT2D eigenvalue weighted by Crippen LogP contribution is -2.48. The molecule has 100 valence electrons. The van der Waals surface area contributed by atoms with Gasteiger partial charge >= 0.3 is 0 Å². The molecule has 0 bridgehead atoms. The molecule has 1 aliphatic carbocycles. The van der Waals surface area contributed by atoms with Gasteiger partial charge in [-0.1, -0.05) is 0 Å². The van der Waals surface area contributed by atoms with Gasteiger partial charge in [0.15, 0.2) is 0 Å². The molecule has 1 amide bonds. The van der Waals surface area contributed by atoms with Crippen molar-refractivity contribution in [3.8, 4) is 0 Å². The number of amidine groups is 1. The Hall–Kier alpha value is -1.36. The van der Waals surface area contributed by atoms with Crippen molar-refractivity contribution in [3.05, 3.63) is 12.3 Å². The fourth-order valence-corrected chi connectivity index (χ4v) is 2.02. The van der Waals surface area contributed by atoms with Crippen molar-refractivity contribution in [2.75, 3.05) is 28.2 Å². The molecule has 1 heterocycles. The van der Waals surface area contributed by atoms with Gasteiger partial charge in [0.1, 0.15) is 11.8 Å². The van der Waals surface area contributed by atoms with Gasteiger partial charge in [-0.25, -0.2) is 4.99 Å². The molecule has 2 aliphatic rings. The number of hydrogen-bond donors (Lipinski definition) is 0. The molecular formula is C13H21N3O2. The zero-order valence-electron chi connectivity index (χ0n) is 11.5. The molecule has 18 heavy (non-hydrogen) atoms. The third-order valence-electron chi connectivity index (χ3n) is 3.13. The van der Waals surface area contributed by atoms with Crippen molar-refractivity contribution in [1.82, 2.24) is 9.80 Å². The predicted molar refractivity (Wildman–Crippen MR) is 70.3 cm³/mol. The second kappa shape index (κ2) is 5.10. The number of carbonyl (C=O) groups is 1. The van der Waals surface area contributed by atoms with E-state index in [1.165, 1.54) is 0 Å². The van der Waals surface area contributed by atoms with Gasteiger partial charge in [-0.05, 0) is 18.9 Å². The van der Waals surface area contributed by atoms with Crippen LogP contribution in [0.2, 0.25) is 0 Å². The first-order valence-electron chi connectivity index (χ1n) is 6.29. The minimum Gasteiger partial charge on any atom is -0.370 e. The molecule has 0 aromatic carbocycles. The molecular weight excluding hydrogens is 230 g/mol. The van der Waals surface area contributed by atoms with Crippen LogP contribution in [0.5, 0.6) is 0 Å². The normalized spacial score (nSPS) is 26.8. The van der Waals surface area contributed by atoms with Crippen LogP contribution < -0.4 is 0 Å². The van der Waals surface area contributed by atoms with Crippen molar-refractivity contribution in [3.63, 3.8) is 0 Å². The van der Waals surface area contributed by atoms with Gasteiger partial charge in [-0.15, -0.1) is 0 Å². The van der Waals surface area contributed by atoms with Gasteiger partial charge in [0, 0.05) is 34.4 Å². The topological polar surface area (TPSA) is 45.1 Å². The summed E-state index contributed by atoms with van der Waals surface area (Å²) in [7, 11) is 7.34. The summed E-state index contributed by atoms with van der Waals surface area (Å²) >= 11 is 0. The number of carbonyl (C=O) groups excluding carboxylic acids is 1. The highest BCUT2D eigenvalue weighted by Gasteiger charge is 2.39. The van der Waals surface area contributed by atoms with Gasteiger partial charge in [0.05, 0.1) is 12.2 Å². The van der Waals surface area contributed by atoms with Crippen LogP contribution in [0.3, 0.4) is 0 Å². The molecule has 2 rings (SSSR count). The third kappa shape index (κ3) is 2.72. The number of ether oxygens (including phenoxy) is 1. The zero-order valence-corrected chi connectivity index (χ0v) is 11.5. The predicted octanol–water partition coefficient (Wildman–Crippen LogP) is 0.726. The zero-order chi connectivity index (χ0) is 13.3. The Bertz CT molecular complexity index is 384. The number of rotatable bonds is 3. The Balaban J connectivity index is 2.20. The molecule has 0 aromatic heterocycles. The lowest BCUT2D eigenvalue weighted by Gasteiger charge is -2.32. The molecule has 5 heteroatoms. The fraction of sp³-hybridized carbons (Fsp3) is 0.692. The molecule has 1 saturated carbocycles. The van der Waals surface area contributed by atoms with Crippen LogP contribution >= 0.6 is 0 Å². The van der Waals surface area contributed by atoms with Crippen LogP contribution in [0.25, 0.3) is 0 Å². The summed E-state index contributed by atoms with van der Waals surface area (Å²) in [6.07, 6.45) is 5.95. The summed E-state index contributed by atoms with van der Waals surface area (Å²) in [6.45, 7) is 0. The summed E-state index contributed by atoms with van der Waals surface area (Å²) in [5.41, 5.74) is 0. The van der Waals surface area contributed by atoms with Crippen LogP contribution in [0.1, 0.15) is 12.8 Å². The van der Waals surface area contributed by atoms with Crippen LogP contribution in [-0.4, -0.2) is 61.9 Å². The summed E-state index contributed by atoms with van der Waals surface area (Å²) < 4.78 is 5.92. The number of aliphatic imine (C=N–C) groups is 1. The van der Waals surface area contributed by atoms with E-state index in [-0.39, 0.29) is 17.9 Å². The highest BCUT2D eigenvalue weighted by atomic mass is 16.5. The second-order valence-corrected chi connectivity index (χ2v) is 5.23. The average molecular weight is 251 g/mol. The van der Waals surface area contributed by atoms with Crippen molar-refractivity contribution in [2.24, 2.45) is 10.9 Å². The highest BCUT2D eigenvalue weighted by Crippen LogP contribution is 2.30. The molecule has 0 spiro atoms. The largest absolute Gasteiger partial charge is 0.370 e. The molecule has 0 radical (unpaired) electrons. The van der Waals surface area contributed by atoms with E-state index in [1.807, 2.05) is 25.1 Å². The minimum atomic E-state index is -0.333. The first kappa shape index (κ1) is 13.1. The van der Waals surface area contributed by atoms with Crippen molar-refractivity contribution in [1.29, 1.82) is 0 Å². The summed E-state index contributed by atoms with van der Waals surface area (Å²) in [6, 6.07) is 0. The Morgan fingerprint density at radius 3 is 2.50 bits per heavy atom. The summed E-state index contributed by atoms with van der Waals surface area (Å²) in [4.78, 5) is 20.1. The van der Waals surface area contributed by atoms with E-state index in [1.54, 1.807) is 25.2 Å². The molecule has 1 aliphatic heterocycles. The van der Waals surface area contributed by atoms with E-state index in [0.29, 0.717) is 6.10 Å². The maximum atomic E-state index is 12.3. The van der Waals surface area contributed by atoms with Gasteiger partial charge in [0.25, 0.3) is 0 Å². The lowest BCUT2D eigenvalue weighted by molar-refractivity contribution is -0.134. The molecule has 0 saturated heterocycles. The standard InChI is InChI=1S/C13H21N3O2/c1-15(2)12-11(13(17)16(3)4)10(7-8-14-12)18-9-5-6-9/h7-11H,5-6H2,1-4H3. The molecule has 2 atom stereocenters. The van der Waals surface area contributed by atoms with E-state index >= 15 is 0 Å². The highest BCUT2D eigenvalue weighted by molar-refractivity contribution is 6.04. The van der Waals surface area contributed by atoms with E-state index in [0.717, 1.165) is 18.7 Å². The van der Waals surface area contributed by atoms with Gasteiger partial charge in [-0.3, -0.25) is 4.79 Å². The fourth-order valence-electron chi connectivity index (χ4n) is 2.02. The van der Waals surface area contributed by atoms with Gasteiger partial charge in [0.2, 0.25) is 5.91 Å². The van der Waals surface area contributed by atoms with Gasteiger partial charge < -0.3 is 14.5 Å². The average Bonchev–Trinajstić information content (AvgIpc) is 3.11. The quantitative estimate of drug-likeness (QED) is 0.742. The van der Waals surface area contributed by atoms with E-state index < -0.39 is 0 Å². The summed E-state index contributed by atoms with van der Waals surface area (Å²) in [5.74, 6) is 0.472. The van der Waals surface area contributed by atoms with Crippen LogP contribution in [-0.2, 0) is 9.53 Å². The molecule has 2 unspecified atom stereocenters. The molecule has 0 aromatic rings. The van der Waals surface area contributed by atoms with E-state index in [9.17, 15) is 4.79 Å². The number of hydrogen-bond acceptors (Lipinski definition) is 4. The monoisotopic (exact) mass is 251 g/mol. The smallest absolute Gasteiger partial charge is 0.235 e. The lowest BCUT2D eigenvalue weighted by atomic mass is 9.96. The molecule has 5 nitrogen and oxygen atoms in total. The second-order valence-electron chi connectivity index (χ2n) is 5.23. The van der Waals surface area contributed by atoms with Crippen LogP contribution in [0.15, 0.2) is 17.3 Å². The Kier molecular flexibility index (Phi) is 3.71. The van der Waals surface area contributed by atoms with E-state index in [4.69, 9.17) is 4.74 Å². The maximum Gasteiger partial charge on any atom is 0.235 e. The first-order valence-corrected chi connectivity index (χ1v) is 6.29. The van der Waals surface area contributed by atoms with Crippen LogP contribution in [0.4, 0.5) is 0 Å². The van der Waals surface area contributed by atoms with Crippen molar-refractivity contribution in [2.45, 2.75) is 25.0 Å². The van der Waals surface area contributed by atoms with E-state index in [2.05, 4.69) is 4.99 Å². The molecule has 1 fully saturated rings. The Morgan fingerprint density at radius 2 is 2.00 bits per heavy atom. The van der Waals surface area contributed by atoms with Crippen LogP contribution in [0, 0.1) is 5.92 Å². The number of amides is 1. The number of nitrogens with zero attached hydrogens (tertiary/aromatic N) is 3. The Labute approximate surface area is 108 Å². The SMILES string of the molecule is CN(C)C(=O)C1C(N(C)C)=NC=CC1OC1CC1. The van der Waals surface area contributed by atoms with Gasteiger partial charge in [-0.2, -0.15) is 0 Å². The van der Waals surface area contributed by atoms with Crippen molar-refractivity contribution >= 4 is 11.7 Å². The van der Waals surface area contributed by atoms with Crippen molar-refractivity contribution < 1.29 is 9.53 Å². The summed E-state index contributed by atoms with van der Waals surface area (Å²) in [5, 5.41) is 0. The first-order chi connectivity index (χ1) is 8.50. The maximum absolute atomic E-state index is 12.3. The Morgan fingerprint density at radius 1 is 1.33 bits per heavy atom. The molecule has 0 N–H and O–H groups in total.